The van der Waals surface area contributed by atoms with Crippen LogP contribution in [0, 0.1) is 0 Å². The summed E-state index contributed by atoms with van der Waals surface area (Å²) in [5.41, 5.74) is 1.24. The third kappa shape index (κ3) is 6.70. The molecule has 0 radical (unpaired) electrons. The fraction of sp³-hybridized carbons (Fsp3) is 0.400. The average molecular weight is 294 g/mol. The molecule has 0 heterocycles. The van der Waals surface area contributed by atoms with Crippen LogP contribution in [0.15, 0.2) is 24.3 Å². The van der Waals surface area contributed by atoms with Crippen molar-refractivity contribution in [2.75, 3.05) is 12.5 Å². The molecular weight excluding hydrogens is 280 g/mol. The van der Waals surface area contributed by atoms with Gasteiger partial charge < -0.3 is 0 Å². The Morgan fingerprint density at radius 1 is 0.889 bits per heavy atom. The first-order valence-corrected chi connectivity index (χ1v) is 8.56. The lowest BCUT2D eigenvalue weighted by Gasteiger charge is -2.05. The molecular formula is C10H14O6S2. The number of rotatable bonds is 6. The SMILES string of the molecule is CS(=O)(=O)OCc1cccc(COS(C)(=O)=O)c1. The van der Waals surface area contributed by atoms with Gasteiger partial charge in [0, 0.05) is 0 Å². The van der Waals surface area contributed by atoms with Crippen LogP contribution < -0.4 is 0 Å². The topological polar surface area (TPSA) is 86.7 Å². The van der Waals surface area contributed by atoms with Gasteiger partial charge in [0.05, 0.1) is 25.7 Å². The van der Waals surface area contributed by atoms with Gasteiger partial charge in [-0.15, -0.1) is 0 Å². The minimum atomic E-state index is -3.50. The Morgan fingerprint density at radius 2 is 1.28 bits per heavy atom. The minimum absolute atomic E-state index is 0.0917. The summed E-state index contributed by atoms with van der Waals surface area (Å²) in [6.45, 7) is -0.183. The zero-order valence-corrected chi connectivity index (χ0v) is 11.6. The van der Waals surface area contributed by atoms with Gasteiger partial charge in [-0.1, -0.05) is 24.3 Å². The van der Waals surface area contributed by atoms with Gasteiger partial charge >= 0.3 is 0 Å². The van der Waals surface area contributed by atoms with Crippen molar-refractivity contribution in [2.24, 2.45) is 0 Å². The van der Waals surface area contributed by atoms with Crippen LogP contribution >= 0.6 is 0 Å². The lowest BCUT2D eigenvalue weighted by molar-refractivity contribution is 0.306. The fourth-order valence-corrected chi connectivity index (χ4v) is 1.86. The van der Waals surface area contributed by atoms with Crippen LogP contribution in [-0.2, 0) is 41.8 Å². The smallest absolute Gasteiger partial charge is 0.264 e. The van der Waals surface area contributed by atoms with Gasteiger partial charge in [-0.25, -0.2) is 0 Å². The maximum atomic E-state index is 10.8. The molecule has 0 unspecified atom stereocenters. The van der Waals surface area contributed by atoms with Gasteiger partial charge in [-0.05, 0) is 11.1 Å². The van der Waals surface area contributed by atoms with Crippen LogP contribution in [0.4, 0.5) is 0 Å². The second-order valence-corrected chi connectivity index (χ2v) is 7.04. The molecule has 0 spiro atoms. The van der Waals surface area contributed by atoms with Crippen molar-refractivity contribution >= 4 is 20.2 Å². The molecule has 0 bridgehead atoms. The zero-order chi connectivity index (χ0) is 13.8. The fourth-order valence-electron chi connectivity index (χ4n) is 1.16. The Hall–Kier alpha value is -0.960. The molecule has 1 rings (SSSR count). The molecule has 0 amide bonds. The van der Waals surface area contributed by atoms with Gasteiger partial charge in [0.15, 0.2) is 0 Å². The molecule has 6 nitrogen and oxygen atoms in total. The summed E-state index contributed by atoms with van der Waals surface area (Å²) < 4.78 is 52.5. The van der Waals surface area contributed by atoms with Gasteiger partial charge in [-0.3, -0.25) is 8.37 Å². The quantitative estimate of drug-likeness (QED) is 0.716. The Kier molecular flexibility index (Phi) is 4.85. The lowest BCUT2D eigenvalue weighted by atomic mass is 10.1. The zero-order valence-electron chi connectivity index (χ0n) is 9.99. The molecule has 0 saturated carbocycles. The summed E-state index contributed by atoms with van der Waals surface area (Å²) in [5, 5.41) is 0. The predicted molar refractivity (Wildman–Crippen MR) is 65.7 cm³/mol. The van der Waals surface area contributed by atoms with E-state index in [1.807, 2.05) is 0 Å². The highest BCUT2D eigenvalue weighted by Crippen LogP contribution is 2.10. The first kappa shape index (κ1) is 15.1. The molecule has 0 saturated heterocycles. The van der Waals surface area contributed by atoms with Crippen molar-refractivity contribution < 1.29 is 25.2 Å². The average Bonchev–Trinajstić information content (AvgIpc) is 2.22. The Morgan fingerprint density at radius 3 is 1.61 bits per heavy atom. The molecule has 102 valence electrons. The summed E-state index contributed by atoms with van der Waals surface area (Å²) in [6, 6.07) is 6.64. The second kappa shape index (κ2) is 5.79. The van der Waals surface area contributed by atoms with E-state index in [0.29, 0.717) is 11.1 Å². The highest BCUT2D eigenvalue weighted by molar-refractivity contribution is 7.86. The molecule has 1 aromatic rings. The highest BCUT2D eigenvalue weighted by atomic mass is 32.2. The maximum absolute atomic E-state index is 10.8. The van der Waals surface area contributed by atoms with E-state index < -0.39 is 20.2 Å². The predicted octanol–water partition coefficient (Wildman–Crippen LogP) is 0.639. The van der Waals surface area contributed by atoms with Crippen molar-refractivity contribution in [3.8, 4) is 0 Å². The van der Waals surface area contributed by atoms with Crippen molar-refractivity contribution in [1.82, 2.24) is 0 Å². The molecule has 0 aromatic heterocycles. The molecule has 0 aliphatic carbocycles. The Balaban J connectivity index is 2.68. The van der Waals surface area contributed by atoms with E-state index in [9.17, 15) is 16.8 Å². The third-order valence-corrected chi connectivity index (χ3v) is 2.96. The van der Waals surface area contributed by atoms with Crippen LogP contribution in [0.25, 0.3) is 0 Å². The van der Waals surface area contributed by atoms with E-state index in [-0.39, 0.29) is 13.2 Å². The van der Waals surface area contributed by atoms with Crippen LogP contribution in [-0.4, -0.2) is 29.3 Å². The van der Waals surface area contributed by atoms with Crippen LogP contribution in [0.3, 0.4) is 0 Å². The van der Waals surface area contributed by atoms with E-state index in [4.69, 9.17) is 0 Å². The monoisotopic (exact) mass is 294 g/mol. The van der Waals surface area contributed by atoms with E-state index in [2.05, 4.69) is 8.37 Å². The van der Waals surface area contributed by atoms with Crippen LogP contribution in [0.1, 0.15) is 11.1 Å². The van der Waals surface area contributed by atoms with E-state index >= 15 is 0 Å². The molecule has 0 N–H and O–H groups in total. The Bertz CT molecular complexity index is 552. The molecule has 1 aromatic carbocycles. The van der Waals surface area contributed by atoms with Gasteiger partial charge in [0.25, 0.3) is 20.2 Å². The minimum Gasteiger partial charge on any atom is -0.265 e. The Labute approximate surface area is 107 Å². The van der Waals surface area contributed by atoms with Gasteiger partial charge in [-0.2, -0.15) is 16.8 Å². The van der Waals surface area contributed by atoms with E-state index in [1.54, 1.807) is 24.3 Å². The van der Waals surface area contributed by atoms with Crippen molar-refractivity contribution in [2.45, 2.75) is 13.2 Å². The molecule has 0 atom stereocenters. The summed E-state index contributed by atoms with van der Waals surface area (Å²) in [4.78, 5) is 0. The summed E-state index contributed by atoms with van der Waals surface area (Å²) in [5.74, 6) is 0. The molecule has 0 fully saturated rings. The number of hydrogen-bond acceptors (Lipinski definition) is 6. The summed E-state index contributed by atoms with van der Waals surface area (Å²) in [7, 11) is -7.00. The number of hydrogen-bond donors (Lipinski definition) is 0. The molecule has 18 heavy (non-hydrogen) atoms. The largest absolute Gasteiger partial charge is 0.265 e. The second-order valence-electron chi connectivity index (χ2n) is 3.75. The normalized spacial score (nSPS) is 12.6. The van der Waals surface area contributed by atoms with Crippen LogP contribution in [0.2, 0.25) is 0 Å². The molecule has 8 heteroatoms. The van der Waals surface area contributed by atoms with E-state index in [0.717, 1.165) is 12.5 Å². The van der Waals surface area contributed by atoms with Crippen molar-refractivity contribution in [1.29, 1.82) is 0 Å². The lowest BCUT2D eigenvalue weighted by Crippen LogP contribution is -2.04. The standard InChI is InChI=1S/C10H14O6S2/c1-17(11,12)15-7-9-4-3-5-10(6-9)8-16-18(2,13)14/h3-6H,7-8H2,1-2H3. The van der Waals surface area contributed by atoms with Crippen LogP contribution in [0.5, 0.6) is 0 Å². The first-order valence-electron chi connectivity index (χ1n) is 4.92. The third-order valence-electron chi connectivity index (χ3n) is 1.87. The molecule has 0 aliphatic rings. The van der Waals surface area contributed by atoms with Gasteiger partial charge in [0.1, 0.15) is 0 Å². The summed E-state index contributed by atoms with van der Waals surface area (Å²) in [6.07, 6.45) is 1.92. The van der Waals surface area contributed by atoms with Gasteiger partial charge in [0.2, 0.25) is 0 Å². The maximum Gasteiger partial charge on any atom is 0.264 e. The van der Waals surface area contributed by atoms with Crippen molar-refractivity contribution in [3.63, 3.8) is 0 Å². The molecule has 0 aliphatic heterocycles. The first-order chi connectivity index (χ1) is 8.16. The highest BCUT2D eigenvalue weighted by Gasteiger charge is 2.05. The van der Waals surface area contributed by atoms with Crippen molar-refractivity contribution in [3.05, 3.63) is 35.4 Å². The van der Waals surface area contributed by atoms with E-state index in [1.165, 1.54) is 0 Å². The number of benzene rings is 1. The summed E-state index contributed by atoms with van der Waals surface area (Å²) >= 11 is 0.